The molecule has 0 fully saturated rings. The highest BCUT2D eigenvalue weighted by Crippen LogP contribution is 2.32. The van der Waals surface area contributed by atoms with Crippen LogP contribution in [0.2, 0.25) is 0 Å². The van der Waals surface area contributed by atoms with Gasteiger partial charge in [0.25, 0.3) is 5.69 Å². The van der Waals surface area contributed by atoms with Crippen molar-refractivity contribution in [3.63, 3.8) is 0 Å². The lowest BCUT2D eigenvalue weighted by Gasteiger charge is -2.26. The van der Waals surface area contributed by atoms with Gasteiger partial charge in [0.2, 0.25) is 0 Å². The number of rotatable bonds is 3. The SMILES string of the molecule is Cc1cccc([N+](=O)[O-])c1CC(Br)C(C)(C)C. The van der Waals surface area contributed by atoms with Crippen molar-refractivity contribution in [3.05, 3.63) is 39.4 Å². The van der Waals surface area contributed by atoms with Gasteiger partial charge in [0.05, 0.1) is 4.92 Å². The first-order valence-corrected chi connectivity index (χ1v) is 6.52. The molecule has 1 rings (SSSR count). The lowest BCUT2D eigenvalue weighted by atomic mass is 9.87. The fraction of sp³-hybridized carbons (Fsp3) is 0.538. The van der Waals surface area contributed by atoms with E-state index in [0.29, 0.717) is 6.42 Å². The molecule has 0 N–H and O–H groups in total. The number of nitro benzene ring substituents is 1. The molecule has 1 atom stereocenters. The van der Waals surface area contributed by atoms with Crippen molar-refractivity contribution in [2.45, 2.75) is 38.9 Å². The van der Waals surface area contributed by atoms with Crippen molar-refractivity contribution in [2.75, 3.05) is 0 Å². The molecule has 0 aliphatic carbocycles. The van der Waals surface area contributed by atoms with E-state index < -0.39 is 0 Å². The predicted molar refractivity (Wildman–Crippen MR) is 73.7 cm³/mol. The largest absolute Gasteiger partial charge is 0.272 e. The van der Waals surface area contributed by atoms with Gasteiger partial charge in [0, 0.05) is 16.5 Å². The van der Waals surface area contributed by atoms with Crippen LogP contribution < -0.4 is 0 Å². The summed E-state index contributed by atoms with van der Waals surface area (Å²) in [4.78, 5) is 10.9. The Balaban J connectivity index is 3.09. The summed E-state index contributed by atoms with van der Waals surface area (Å²) in [6.07, 6.45) is 0.673. The smallest absolute Gasteiger partial charge is 0.258 e. The van der Waals surface area contributed by atoms with E-state index in [2.05, 4.69) is 36.7 Å². The zero-order valence-corrected chi connectivity index (χ0v) is 12.2. The first-order chi connectivity index (χ1) is 7.73. The lowest BCUT2D eigenvalue weighted by Crippen LogP contribution is -2.23. The molecule has 0 amide bonds. The van der Waals surface area contributed by atoms with Crippen molar-refractivity contribution in [1.82, 2.24) is 0 Å². The Kier molecular flexibility index (Phi) is 4.31. The first-order valence-electron chi connectivity index (χ1n) is 5.60. The highest BCUT2D eigenvalue weighted by molar-refractivity contribution is 9.09. The first kappa shape index (κ1) is 14.2. The van der Waals surface area contributed by atoms with Gasteiger partial charge in [0.1, 0.15) is 0 Å². The number of hydrogen-bond donors (Lipinski definition) is 0. The second-order valence-electron chi connectivity index (χ2n) is 5.37. The predicted octanol–water partition coefficient (Wildman–Crippen LogP) is 4.26. The Hall–Kier alpha value is -0.900. The second kappa shape index (κ2) is 5.17. The summed E-state index contributed by atoms with van der Waals surface area (Å²) in [6.45, 7) is 8.29. The van der Waals surface area contributed by atoms with Gasteiger partial charge < -0.3 is 0 Å². The Morgan fingerprint density at radius 3 is 2.47 bits per heavy atom. The van der Waals surface area contributed by atoms with E-state index in [1.54, 1.807) is 12.1 Å². The third-order valence-electron chi connectivity index (χ3n) is 2.91. The molecule has 0 aliphatic heterocycles. The third-order valence-corrected chi connectivity index (χ3v) is 4.60. The number of halogens is 1. The van der Waals surface area contributed by atoms with Crippen molar-refractivity contribution in [1.29, 1.82) is 0 Å². The van der Waals surface area contributed by atoms with Crippen LogP contribution in [-0.4, -0.2) is 9.75 Å². The topological polar surface area (TPSA) is 43.1 Å². The maximum atomic E-state index is 11.0. The summed E-state index contributed by atoms with van der Waals surface area (Å²) in [6, 6.07) is 5.23. The quantitative estimate of drug-likeness (QED) is 0.475. The van der Waals surface area contributed by atoms with Crippen molar-refractivity contribution in [2.24, 2.45) is 5.41 Å². The fourth-order valence-corrected chi connectivity index (χ4v) is 1.93. The Morgan fingerprint density at radius 2 is 2.00 bits per heavy atom. The molecule has 0 heterocycles. The molecule has 0 radical (unpaired) electrons. The standard InChI is InChI=1S/C13H18BrNO2/c1-9-6-5-7-11(15(16)17)10(9)8-12(14)13(2,3)4/h5-7,12H,8H2,1-4H3. The summed E-state index contributed by atoms with van der Waals surface area (Å²) in [7, 11) is 0. The number of hydrogen-bond acceptors (Lipinski definition) is 2. The average molecular weight is 300 g/mol. The maximum absolute atomic E-state index is 11.0. The van der Waals surface area contributed by atoms with Crippen LogP contribution in [0.25, 0.3) is 0 Å². The van der Waals surface area contributed by atoms with Crippen LogP contribution >= 0.6 is 15.9 Å². The van der Waals surface area contributed by atoms with Crippen LogP contribution in [0.1, 0.15) is 31.9 Å². The lowest BCUT2D eigenvalue weighted by molar-refractivity contribution is -0.385. The van der Waals surface area contributed by atoms with Crippen LogP contribution in [0.3, 0.4) is 0 Å². The number of alkyl halides is 1. The number of nitrogens with zero attached hydrogens (tertiary/aromatic N) is 1. The van der Waals surface area contributed by atoms with E-state index in [9.17, 15) is 10.1 Å². The van der Waals surface area contributed by atoms with E-state index in [-0.39, 0.29) is 20.9 Å². The van der Waals surface area contributed by atoms with E-state index in [1.165, 1.54) is 0 Å². The van der Waals surface area contributed by atoms with E-state index in [4.69, 9.17) is 0 Å². The normalized spacial score (nSPS) is 13.5. The molecular weight excluding hydrogens is 282 g/mol. The Labute approximate surface area is 111 Å². The molecule has 0 aliphatic rings. The van der Waals surface area contributed by atoms with E-state index >= 15 is 0 Å². The molecule has 0 bridgehead atoms. The minimum Gasteiger partial charge on any atom is -0.258 e. The molecule has 1 unspecified atom stereocenters. The van der Waals surface area contributed by atoms with Crippen LogP contribution in [0, 0.1) is 22.5 Å². The van der Waals surface area contributed by atoms with Crippen LogP contribution in [0.4, 0.5) is 5.69 Å². The molecular formula is C13H18BrNO2. The zero-order valence-electron chi connectivity index (χ0n) is 10.7. The average Bonchev–Trinajstić information content (AvgIpc) is 2.18. The summed E-state index contributed by atoms with van der Waals surface area (Å²) < 4.78 is 0. The zero-order chi connectivity index (χ0) is 13.2. The summed E-state index contributed by atoms with van der Waals surface area (Å²) in [5.74, 6) is 0. The maximum Gasteiger partial charge on any atom is 0.272 e. The Bertz CT molecular complexity index is 424. The van der Waals surface area contributed by atoms with Gasteiger partial charge in [-0.25, -0.2) is 0 Å². The van der Waals surface area contributed by atoms with Crippen molar-refractivity contribution in [3.8, 4) is 0 Å². The van der Waals surface area contributed by atoms with E-state index in [0.717, 1.165) is 11.1 Å². The molecule has 94 valence electrons. The number of aryl methyl sites for hydroxylation is 1. The minimum absolute atomic E-state index is 0.0795. The molecule has 4 heteroatoms. The Morgan fingerprint density at radius 1 is 1.41 bits per heavy atom. The molecule has 1 aromatic carbocycles. The third kappa shape index (κ3) is 3.53. The number of nitro groups is 1. The highest BCUT2D eigenvalue weighted by Gasteiger charge is 2.26. The van der Waals surface area contributed by atoms with E-state index in [1.807, 2.05) is 13.0 Å². The minimum atomic E-state index is -0.301. The molecule has 3 nitrogen and oxygen atoms in total. The summed E-state index contributed by atoms with van der Waals surface area (Å²) in [5.41, 5.74) is 2.11. The molecule has 0 saturated carbocycles. The van der Waals surface area contributed by atoms with Gasteiger partial charge in [-0.15, -0.1) is 0 Å². The van der Waals surface area contributed by atoms with Crippen LogP contribution in [-0.2, 0) is 6.42 Å². The molecule has 0 spiro atoms. The highest BCUT2D eigenvalue weighted by atomic mass is 79.9. The molecule has 1 aromatic rings. The van der Waals surface area contributed by atoms with Gasteiger partial charge in [-0.2, -0.15) is 0 Å². The van der Waals surface area contributed by atoms with Crippen LogP contribution in [0.5, 0.6) is 0 Å². The monoisotopic (exact) mass is 299 g/mol. The van der Waals surface area contributed by atoms with Gasteiger partial charge in [-0.1, -0.05) is 48.8 Å². The second-order valence-corrected chi connectivity index (χ2v) is 6.47. The molecule has 17 heavy (non-hydrogen) atoms. The van der Waals surface area contributed by atoms with Gasteiger partial charge in [0.15, 0.2) is 0 Å². The fourth-order valence-electron chi connectivity index (χ4n) is 1.61. The molecule has 0 aromatic heterocycles. The van der Waals surface area contributed by atoms with Gasteiger partial charge >= 0.3 is 0 Å². The summed E-state index contributed by atoms with van der Waals surface area (Å²) >= 11 is 3.63. The number of benzene rings is 1. The van der Waals surface area contributed by atoms with Gasteiger partial charge in [-0.3, -0.25) is 10.1 Å². The van der Waals surface area contributed by atoms with Crippen molar-refractivity contribution < 1.29 is 4.92 Å². The van der Waals surface area contributed by atoms with Crippen molar-refractivity contribution >= 4 is 21.6 Å². The molecule has 0 saturated heterocycles. The summed E-state index contributed by atoms with van der Waals surface area (Å²) in [5, 5.41) is 11.0. The van der Waals surface area contributed by atoms with Crippen LogP contribution in [0.15, 0.2) is 18.2 Å². The van der Waals surface area contributed by atoms with Gasteiger partial charge in [-0.05, 0) is 24.3 Å².